The predicted octanol–water partition coefficient (Wildman–Crippen LogP) is 3.28. The normalized spacial score (nSPS) is 20.5. The molecule has 2 aromatic carbocycles. The molecule has 1 aliphatic rings. The lowest BCUT2D eigenvalue weighted by molar-refractivity contribution is 0.0677. The van der Waals surface area contributed by atoms with E-state index in [-0.39, 0.29) is 35.2 Å². The molecule has 0 aliphatic heterocycles. The van der Waals surface area contributed by atoms with Crippen molar-refractivity contribution in [3.8, 4) is 34.5 Å². The second-order valence-corrected chi connectivity index (χ2v) is 5.95. The summed E-state index contributed by atoms with van der Waals surface area (Å²) < 4.78 is 11.7. The third kappa shape index (κ3) is 3.76. The lowest BCUT2D eigenvalue weighted by Gasteiger charge is -2.30. The van der Waals surface area contributed by atoms with E-state index in [9.17, 15) is 20.4 Å². The quantitative estimate of drug-likeness (QED) is 0.641. The maximum Gasteiger partial charge on any atom is 0.161 e. The Balaban J connectivity index is 1.61. The Morgan fingerprint density at radius 3 is 1.54 bits per heavy atom. The molecule has 6 nitrogen and oxygen atoms in total. The topological polar surface area (TPSA) is 99.4 Å². The summed E-state index contributed by atoms with van der Waals surface area (Å²) in [5.74, 6) is 0.210. The fourth-order valence-electron chi connectivity index (χ4n) is 2.85. The fourth-order valence-corrected chi connectivity index (χ4v) is 2.85. The second-order valence-electron chi connectivity index (χ2n) is 5.95. The Morgan fingerprint density at radius 2 is 1.12 bits per heavy atom. The van der Waals surface area contributed by atoms with E-state index >= 15 is 0 Å². The van der Waals surface area contributed by atoms with Gasteiger partial charge in [0.2, 0.25) is 0 Å². The lowest BCUT2D eigenvalue weighted by atomic mass is 9.94. The average Bonchev–Trinajstić information content (AvgIpc) is 2.55. The highest BCUT2D eigenvalue weighted by Crippen LogP contribution is 2.33. The van der Waals surface area contributed by atoms with Crippen LogP contribution in [0.2, 0.25) is 0 Å². The van der Waals surface area contributed by atoms with Gasteiger partial charge >= 0.3 is 0 Å². The molecule has 2 unspecified atom stereocenters. The lowest BCUT2D eigenvalue weighted by Crippen LogP contribution is -2.31. The first-order chi connectivity index (χ1) is 11.5. The highest BCUT2D eigenvalue weighted by Gasteiger charge is 2.25. The number of benzene rings is 2. The number of phenolic OH excluding ortho intramolecular Hbond substituents is 4. The molecule has 1 aliphatic carbocycles. The van der Waals surface area contributed by atoms with E-state index in [1.54, 1.807) is 12.1 Å². The summed E-state index contributed by atoms with van der Waals surface area (Å²) in [4.78, 5) is 0. The number of rotatable bonds is 4. The molecule has 6 heteroatoms. The average molecular weight is 332 g/mol. The van der Waals surface area contributed by atoms with E-state index in [0.717, 1.165) is 19.3 Å². The summed E-state index contributed by atoms with van der Waals surface area (Å²) in [5, 5.41) is 37.7. The van der Waals surface area contributed by atoms with Crippen LogP contribution >= 0.6 is 0 Å². The van der Waals surface area contributed by atoms with Gasteiger partial charge in [0, 0.05) is 18.6 Å². The third-order valence-corrected chi connectivity index (χ3v) is 4.08. The zero-order chi connectivity index (χ0) is 17.1. The molecule has 0 saturated heterocycles. The molecule has 2 aromatic rings. The Bertz CT molecular complexity index is 655. The molecule has 1 fully saturated rings. The maximum atomic E-state index is 9.53. The van der Waals surface area contributed by atoms with E-state index < -0.39 is 0 Å². The highest BCUT2D eigenvalue weighted by atomic mass is 16.5. The monoisotopic (exact) mass is 332 g/mol. The van der Waals surface area contributed by atoms with Crippen molar-refractivity contribution >= 4 is 0 Å². The molecule has 0 spiro atoms. The molecular weight excluding hydrogens is 312 g/mol. The van der Waals surface area contributed by atoms with Crippen LogP contribution in [0.3, 0.4) is 0 Å². The fraction of sp³-hybridized carbons (Fsp3) is 0.333. The summed E-state index contributed by atoms with van der Waals surface area (Å²) in [6, 6.07) is 8.77. The molecule has 0 bridgehead atoms. The van der Waals surface area contributed by atoms with Crippen LogP contribution in [0.25, 0.3) is 0 Å². The zero-order valence-corrected chi connectivity index (χ0v) is 13.1. The second kappa shape index (κ2) is 6.78. The molecule has 128 valence electrons. The van der Waals surface area contributed by atoms with Gasteiger partial charge in [-0.2, -0.15) is 0 Å². The maximum absolute atomic E-state index is 9.53. The number of aromatic hydroxyl groups is 4. The van der Waals surface area contributed by atoms with Crippen molar-refractivity contribution in [1.29, 1.82) is 0 Å². The molecule has 0 aromatic heterocycles. The van der Waals surface area contributed by atoms with Crippen LogP contribution in [-0.4, -0.2) is 32.6 Å². The van der Waals surface area contributed by atoms with Crippen LogP contribution in [0, 0.1) is 0 Å². The van der Waals surface area contributed by atoms with Gasteiger partial charge < -0.3 is 29.9 Å². The Kier molecular flexibility index (Phi) is 4.55. The van der Waals surface area contributed by atoms with Gasteiger partial charge in [0.05, 0.1) is 0 Å². The first kappa shape index (κ1) is 16.1. The molecule has 2 atom stereocenters. The minimum absolute atomic E-state index is 0.0570. The molecule has 4 N–H and O–H groups in total. The molecule has 1 saturated carbocycles. The Labute approximate surface area is 139 Å². The van der Waals surface area contributed by atoms with Crippen LogP contribution in [0.5, 0.6) is 34.5 Å². The zero-order valence-electron chi connectivity index (χ0n) is 13.1. The molecule has 24 heavy (non-hydrogen) atoms. The molecule has 0 amide bonds. The van der Waals surface area contributed by atoms with Crippen molar-refractivity contribution in [3.05, 3.63) is 36.4 Å². The Hall–Kier alpha value is -2.76. The van der Waals surface area contributed by atoms with Gasteiger partial charge in [0.1, 0.15) is 23.7 Å². The predicted molar refractivity (Wildman–Crippen MR) is 86.8 cm³/mol. The summed E-state index contributed by atoms with van der Waals surface area (Å²) in [6.07, 6.45) is 3.24. The smallest absolute Gasteiger partial charge is 0.161 e. The number of phenols is 4. The van der Waals surface area contributed by atoms with Crippen molar-refractivity contribution < 1.29 is 29.9 Å². The van der Waals surface area contributed by atoms with Gasteiger partial charge in [-0.15, -0.1) is 0 Å². The number of hydrogen-bond acceptors (Lipinski definition) is 6. The van der Waals surface area contributed by atoms with Crippen LogP contribution in [0.4, 0.5) is 0 Å². The third-order valence-electron chi connectivity index (χ3n) is 4.08. The van der Waals surface area contributed by atoms with Crippen molar-refractivity contribution in [3.63, 3.8) is 0 Å². The molecular formula is C18H20O6. The first-order valence-electron chi connectivity index (χ1n) is 7.88. The highest BCUT2D eigenvalue weighted by molar-refractivity contribution is 5.44. The van der Waals surface area contributed by atoms with Gasteiger partial charge in [-0.3, -0.25) is 0 Å². The van der Waals surface area contributed by atoms with Crippen LogP contribution in [0.15, 0.2) is 36.4 Å². The van der Waals surface area contributed by atoms with Crippen LogP contribution in [0.1, 0.15) is 25.7 Å². The van der Waals surface area contributed by atoms with Gasteiger partial charge in [0.25, 0.3) is 0 Å². The van der Waals surface area contributed by atoms with Crippen LogP contribution in [-0.2, 0) is 0 Å². The first-order valence-corrected chi connectivity index (χ1v) is 7.88. The minimum atomic E-state index is -0.212. The van der Waals surface area contributed by atoms with Crippen molar-refractivity contribution in [2.24, 2.45) is 0 Å². The number of hydrogen-bond donors (Lipinski definition) is 4. The van der Waals surface area contributed by atoms with Crippen molar-refractivity contribution in [2.45, 2.75) is 37.9 Å². The van der Waals surface area contributed by atoms with E-state index in [4.69, 9.17) is 9.47 Å². The summed E-state index contributed by atoms with van der Waals surface area (Å²) in [6.45, 7) is 0. The molecule has 0 heterocycles. The van der Waals surface area contributed by atoms with E-state index in [0.29, 0.717) is 17.9 Å². The van der Waals surface area contributed by atoms with E-state index in [2.05, 4.69) is 0 Å². The summed E-state index contributed by atoms with van der Waals surface area (Å²) >= 11 is 0. The van der Waals surface area contributed by atoms with Crippen molar-refractivity contribution in [1.82, 2.24) is 0 Å². The molecule has 0 radical (unpaired) electrons. The van der Waals surface area contributed by atoms with Gasteiger partial charge in [-0.1, -0.05) is 0 Å². The number of ether oxygens (including phenoxy) is 2. The van der Waals surface area contributed by atoms with Crippen LogP contribution < -0.4 is 9.47 Å². The Morgan fingerprint density at radius 1 is 0.667 bits per heavy atom. The van der Waals surface area contributed by atoms with Crippen molar-refractivity contribution in [2.75, 3.05) is 0 Å². The SMILES string of the molecule is Oc1ccc(OC2CCCC(Oc3ccc(O)c(O)c3)C2)cc1O. The van der Waals surface area contributed by atoms with Gasteiger partial charge in [-0.25, -0.2) is 0 Å². The molecule has 3 rings (SSSR count). The minimum Gasteiger partial charge on any atom is -0.504 e. The van der Waals surface area contributed by atoms with E-state index in [1.165, 1.54) is 24.3 Å². The summed E-state index contributed by atoms with van der Waals surface area (Å²) in [5.41, 5.74) is 0. The largest absolute Gasteiger partial charge is 0.504 e. The van der Waals surface area contributed by atoms with Gasteiger partial charge in [0.15, 0.2) is 23.0 Å². The summed E-state index contributed by atoms with van der Waals surface area (Å²) in [7, 11) is 0. The van der Waals surface area contributed by atoms with E-state index in [1.807, 2.05) is 0 Å². The standard InChI is InChI=1S/C18H20O6/c19-15-6-4-13(9-17(15)21)23-11-2-1-3-12(8-11)24-14-5-7-16(20)18(22)10-14/h4-7,9-12,19-22H,1-3,8H2. The van der Waals surface area contributed by atoms with Gasteiger partial charge in [-0.05, 0) is 43.5 Å².